The lowest BCUT2D eigenvalue weighted by molar-refractivity contribution is 0.199. The van der Waals surface area contributed by atoms with E-state index >= 15 is 0 Å². The topological polar surface area (TPSA) is 101 Å². The van der Waals surface area contributed by atoms with Crippen LogP contribution in [0.4, 0.5) is 0 Å². The smallest absolute Gasteiger partial charge is 0.240 e. The average Bonchev–Trinajstić information content (AvgIpc) is 2.41. The second kappa shape index (κ2) is 6.04. The highest BCUT2D eigenvalue weighted by Gasteiger charge is 2.27. The van der Waals surface area contributed by atoms with Gasteiger partial charge in [0.15, 0.2) is 0 Å². The molecule has 2 rings (SSSR count). The molecule has 1 fully saturated rings. The van der Waals surface area contributed by atoms with Gasteiger partial charge in [-0.1, -0.05) is 12.1 Å². The summed E-state index contributed by atoms with van der Waals surface area (Å²) < 4.78 is 49.6. The van der Waals surface area contributed by atoms with E-state index in [1.807, 2.05) is 0 Å². The zero-order valence-corrected chi connectivity index (χ0v) is 13.3. The van der Waals surface area contributed by atoms with Gasteiger partial charge in [-0.3, -0.25) is 0 Å². The zero-order chi connectivity index (χ0) is 15.7. The van der Waals surface area contributed by atoms with Crippen LogP contribution in [-0.4, -0.2) is 39.5 Å². The molecule has 1 aromatic rings. The average molecular weight is 333 g/mol. The first-order valence-electron chi connectivity index (χ1n) is 6.70. The molecule has 8 heteroatoms. The number of hydrogen-bond acceptors (Lipinski definition) is 5. The number of benzene rings is 1. The molecule has 1 saturated heterocycles. The van der Waals surface area contributed by atoms with Crippen molar-refractivity contribution in [2.45, 2.75) is 36.8 Å². The molecule has 1 aliphatic heterocycles. The van der Waals surface area contributed by atoms with Crippen molar-refractivity contribution in [2.75, 3.05) is 11.5 Å². The lowest BCUT2D eigenvalue weighted by Gasteiger charge is -2.22. The Morgan fingerprint density at radius 2 is 1.71 bits per heavy atom. The van der Waals surface area contributed by atoms with Crippen molar-refractivity contribution in [3.05, 3.63) is 29.8 Å². The Morgan fingerprint density at radius 3 is 2.19 bits per heavy atom. The minimum atomic E-state index is -3.67. The minimum Gasteiger partial charge on any atom is -0.389 e. The number of aliphatic hydroxyl groups excluding tert-OH is 1. The van der Waals surface area contributed by atoms with Crippen molar-refractivity contribution in [3.8, 4) is 0 Å². The van der Waals surface area contributed by atoms with Gasteiger partial charge in [-0.05, 0) is 37.5 Å². The Morgan fingerprint density at radius 1 is 1.19 bits per heavy atom. The van der Waals surface area contributed by atoms with Crippen molar-refractivity contribution >= 4 is 19.9 Å². The first kappa shape index (κ1) is 16.4. The maximum Gasteiger partial charge on any atom is 0.240 e. The first-order chi connectivity index (χ1) is 9.70. The van der Waals surface area contributed by atoms with Gasteiger partial charge in [-0.15, -0.1) is 0 Å². The van der Waals surface area contributed by atoms with E-state index in [-0.39, 0.29) is 22.4 Å². The van der Waals surface area contributed by atoms with Gasteiger partial charge in [0.1, 0.15) is 9.84 Å². The standard InChI is InChI=1S/C13H19NO5S2/c1-10(15)11-2-4-13(5-3-11)21(18,19)14-12-6-8-20(16,17)9-7-12/h2-5,10,12,14-15H,6-9H2,1H3. The van der Waals surface area contributed by atoms with Gasteiger partial charge in [0.05, 0.1) is 22.5 Å². The summed E-state index contributed by atoms with van der Waals surface area (Å²) in [4.78, 5) is 0.111. The van der Waals surface area contributed by atoms with Crippen LogP contribution in [0.25, 0.3) is 0 Å². The molecule has 0 amide bonds. The molecular formula is C13H19NO5S2. The van der Waals surface area contributed by atoms with Crippen LogP contribution in [0.15, 0.2) is 29.2 Å². The monoisotopic (exact) mass is 333 g/mol. The van der Waals surface area contributed by atoms with E-state index in [9.17, 15) is 21.9 Å². The Hall–Kier alpha value is -0.960. The number of sulfone groups is 1. The van der Waals surface area contributed by atoms with Crippen molar-refractivity contribution in [1.82, 2.24) is 4.72 Å². The predicted molar refractivity (Wildman–Crippen MR) is 79.1 cm³/mol. The van der Waals surface area contributed by atoms with Crippen LogP contribution in [0.1, 0.15) is 31.4 Å². The SMILES string of the molecule is CC(O)c1ccc(S(=O)(=O)NC2CCS(=O)(=O)CC2)cc1. The molecular weight excluding hydrogens is 314 g/mol. The Balaban J connectivity index is 2.08. The second-order valence-corrected chi connectivity index (χ2v) is 9.31. The molecule has 1 heterocycles. The summed E-state index contributed by atoms with van der Waals surface area (Å²) in [5.74, 6) is 0.0301. The Bertz CT molecular complexity index is 679. The van der Waals surface area contributed by atoms with E-state index in [0.29, 0.717) is 18.4 Å². The highest BCUT2D eigenvalue weighted by Crippen LogP contribution is 2.18. The van der Waals surface area contributed by atoms with Crippen LogP contribution in [0.5, 0.6) is 0 Å². The lowest BCUT2D eigenvalue weighted by Crippen LogP contribution is -2.40. The Labute approximate surface area is 125 Å². The number of rotatable bonds is 4. The van der Waals surface area contributed by atoms with Crippen molar-refractivity contribution in [3.63, 3.8) is 0 Å². The van der Waals surface area contributed by atoms with E-state index in [0.717, 1.165) is 0 Å². The zero-order valence-electron chi connectivity index (χ0n) is 11.7. The van der Waals surface area contributed by atoms with Crippen LogP contribution >= 0.6 is 0 Å². The highest BCUT2D eigenvalue weighted by atomic mass is 32.2. The maximum atomic E-state index is 12.2. The molecule has 1 aliphatic rings. The molecule has 0 radical (unpaired) electrons. The molecule has 0 aliphatic carbocycles. The number of sulfonamides is 1. The van der Waals surface area contributed by atoms with Gasteiger partial charge in [0.25, 0.3) is 0 Å². The minimum absolute atomic E-state index is 0.0150. The van der Waals surface area contributed by atoms with Crippen LogP contribution in [-0.2, 0) is 19.9 Å². The largest absolute Gasteiger partial charge is 0.389 e. The number of hydrogen-bond donors (Lipinski definition) is 2. The summed E-state index contributed by atoms with van der Waals surface area (Å²) in [6, 6.07) is 5.64. The van der Waals surface area contributed by atoms with Gasteiger partial charge in [-0.2, -0.15) is 0 Å². The molecule has 0 saturated carbocycles. The van der Waals surface area contributed by atoms with E-state index in [1.54, 1.807) is 19.1 Å². The van der Waals surface area contributed by atoms with Gasteiger partial charge in [-0.25, -0.2) is 21.6 Å². The van der Waals surface area contributed by atoms with Gasteiger partial charge < -0.3 is 5.11 Å². The van der Waals surface area contributed by atoms with Crippen LogP contribution in [0.2, 0.25) is 0 Å². The van der Waals surface area contributed by atoms with Crippen LogP contribution in [0, 0.1) is 0 Å². The van der Waals surface area contributed by atoms with Crippen molar-refractivity contribution in [1.29, 1.82) is 0 Å². The van der Waals surface area contributed by atoms with Crippen molar-refractivity contribution in [2.24, 2.45) is 0 Å². The molecule has 1 atom stereocenters. The molecule has 118 valence electrons. The molecule has 0 spiro atoms. The summed E-state index contributed by atoms with van der Waals surface area (Å²) >= 11 is 0. The summed E-state index contributed by atoms with van der Waals surface area (Å²) in [7, 11) is -6.68. The number of nitrogens with one attached hydrogen (secondary N) is 1. The van der Waals surface area contributed by atoms with Gasteiger partial charge in [0.2, 0.25) is 10.0 Å². The number of aliphatic hydroxyl groups is 1. The summed E-state index contributed by atoms with van der Waals surface area (Å²) in [5.41, 5.74) is 0.637. The lowest BCUT2D eigenvalue weighted by atomic mass is 10.1. The molecule has 21 heavy (non-hydrogen) atoms. The van der Waals surface area contributed by atoms with Gasteiger partial charge in [0, 0.05) is 6.04 Å². The van der Waals surface area contributed by atoms with Crippen LogP contribution in [0.3, 0.4) is 0 Å². The summed E-state index contributed by atoms with van der Waals surface area (Å²) in [5, 5.41) is 9.41. The molecule has 1 aromatic carbocycles. The molecule has 0 aromatic heterocycles. The normalized spacial score (nSPS) is 21.0. The predicted octanol–water partition coefficient (Wildman–Crippen LogP) is 0.595. The second-order valence-electron chi connectivity index (χ2n) is 5.29. The van der Waals surface area contributed by atoms with Gasteiger partial charge >= 0.3 is 0 Å². The van der Waals surface area contributed by atoms with E-state index in [4.69, 9.17) is 0 Å². The highest BCUT2D eigenvalue weighted by molar-refractivity contribution is 7.91. The Kier molecular flexibility index (Phi) is 4.72. The van der Waals surface area contributed by atoms with E-state index in [1.165, 1.54) is 12.1 Å². The quantitative estimate of drug-likeness (QED) is 0.840. The third kappa shape index (κ3) is 4.26. The van der Waals surface area contributed by atoms with Crippen molar-refractivity contribution < 1.29 is 21.9 Å². The third-order valence-electron chi connectivity index (χ3n) is 3.55. The van der Waals surface area contributed by atoms with Crippen LogP contribution < -0.4 is 4.72 Å². The molecule has 1 unspecified atom stereocenters. The summed E-state index contributed by atoms with van der Waals surface area (Å²) in [6.07, 6.45) is -0.0565. The molecule has 0 bridgehead atoms. The summed E-state index contributed by atoms with van der Waals surface area (Å²) in [6.45, 7) is 1.60. The fourth-order valence-corrected chi connectivity index (χ4v) is 5.02. The molecule has 6 nitrogen and oxygen atoms in total. The fraction of sp³-hybridized carbons (Fsp3) is 0.538. The van der Waals surface area contributed by atoms with E-state index in [2.05, 4.69) is 4.72 Å². The third-order valence-corrected chi connectivity index (χ3v) is 6.80. The molecule has 2 N–H and O–H groups in total. The van der Waals surface area contributed by atoms with E-state index < -0.39 is 26.0 Å². The fourth-order valence-electron chi connectivity index (χ4n) is 2.22. The first-order valence-corrected chi connectivity index (χ1v) is 10.0. The maximum absolute atomic E-state index is 12.2.